The van der Waals surface area contributed by atoms with Crippen LogP contribution >= 0.6 is 0 Å². The average molecular weight is 299 g/mol. The third-order valence-corrected chi connectivity index (χ3v) is 3.67. The molecule has 0 aliphatic heterocycles. The maximum absolute atomic E-state index is 12.5. The Bertz CT molecular complexity index is 671. The molecule has 0 saturated carbocycles. The number of amides is 1. The van der Waals surface area contributed by atoms with E-state index >= 15 is 0 Å². The Morgan fingerprint density at radius 3 is 2.55 bits per heavy atom. The molecule has 0 bridgehead atoms. The van der Waals surface area contributed by atoms with E-state index in [9.17, 15) is 4.79 Å². The van der Waals surface area contributed by atoms with Crippen LogP contribution in [0.1, 0.15) is 54.5 Å². The van der Waals surface area contributed by atoms with Crippen LogP contribution in [0.3, 0.4) is 0 Å². The van der Waals surface area contributed by atoms with E-state index in [2.05, 4.69) is 25.2 Å². The van der Waals surface area contributed by atoms with Crippen molar-refractivity contribution in [3.05, 3.63) is 46.8 Å². The second kappa shape index (κ2) is 6.77. The van der Waals surface area contributed by atoms with E-state index in [4.69, 9.17) is 5.10 Å². The number of rotatable bonds is 5. The predicted molar refractivity (Wildman–Crippen MR) is 89.6 cm³/mol. The Hall–Kier alpha value is -2.10. The minimum atomic E-state index is -0.0317. The fourth-order valence-corrected chi connectivity index (χ4v) is 2.64. The van der Waals surface area contributed by atoms with E-state index in [0.29, 0.717) is 0 Å². The topological polar surface area (TPSA) is 46.9 Å². The first-order valence-corrected chi connectivity index (χ1v) is 7.91. The van der Waals surface area contributed by atoms with Gasteiger partial charge in [-0.3, -0.25) is 4.79 Å². The maximum atomic E-state index is 12.5. The third-order valence-electron chi connectivity index (χ3n) is 3.67. The van der Waals surface area contributed by atoms with Gasteiger partial charge in [0, 0.05) is 6.04 Å². The molecule has 1 heterocycles. The lowest BCUT2D eigenvalue weighted by molar-refractivity contribution is 0.0941. The molecule has 1 aromatic carbocycles. The molecule has 0 fully saturated rings. The van der Waals surface area contributed by atoms with Gasteiger partial charge < -0.3 is 5.32 Å². The van der Waals surface area contributed by atoms with E-state index in [0.717, 1.165) is 41.0 Å². The standard InChI is InChI=1S/C18H25N3O/c1-6-9-15-17(18(22)19-12(2)3)14(5)21(20-15)16-11-8-7-10-13(16)4/h7-8,10-12H,6,9H2,1-5H3,(H,19,22). The first-order chi connectivity index (χ1) is 10.5. The largest absolute Gasteiger partial charge is 0.350 e. The van der Waals surface area contributed by atoms with Crippen LogP contribution in [0.4, 0.5) is 0 Å². The number of carbonyl (C=O) groups is 1. The zero-order chi connectivity index (χ0) is 16.3. The van der Waals surface area contributed by atoms with Crippen LogP contribution in [0.15, 0.2) is 24.3 Å². The van der Waals surface area contributed by atoms with Gasteiger partial charge in [-0.15, -0.1) is 0 Å². The maximum Gasteiger partial charge on any atom is 0.255 e. The predicted octanol–water partition coefficient (Wildman–Crippen LogP) is 3.58. The summed E-state index contributed by atoms with van der Waals surface area (Å²) in [6.45, 7) is 10.1. The minimum Gasteiger partial charge on any atom is -0.350 e. The molecule has 22 heavy (non-hydrogen) atoms. The molecule has 0 aliphatic carbocycles. The molecule has 1 amide bonds. The average Bonchev–Trinajstić information content (AvgIpc) is 2.76. The summed E-state index contributed by atoms with van der Waals surface area (Å²) in [7, 11) is 0. The van der Waals surface area contributed by atoms with Crippen molar-refractivity contribution in [3.63, 3.8) is 0 Å². The van der Waals surface area contributed by atoms with Gasteiger partial charge in [-0.2, -0.15) is 5.10 Å². The summed E-state index contributed by atoms with van der Waals surface area (Å²) in [4.78, 5) is 12.5. The Kier molecular flexibility index (Phi) is 5.01. The van der Waals surface area contributed by atoms with E-state index in [-0.39, 0.29) is 11.9 Å². The zero-order valence-corrected chi connectivity index (χ0v) is 14.1. The summed E-state index contributed by atoms with van der Waals surface area (Å²) in [6.07, 6.45) is 1.77. The number of aryl methyl sites for hydroxylation is 2. The van der Waals surface area contributed by atoms with Crippen molar-refractivity contribution in [2.75, 3.05) is 0 Å². The fraction of sp³-hybridized carbons (Fsp3) is 0.444. The molecule has 0 saturated heterocycles. The SMILES string of the molecule is CCCc1nn(-c2ccccc2C)c(C)c1C(=O)NC(C)C. The molecular weight excluding hydrogens is 274 g/mol. The minimum absolute atomic E-state index is 0.0317. The van der Waals surface area contributed by atoms with Gasteiger partial charge in [0.25, 0.3) is 5.91 Å². The molecule has 0 radical (unpaired) electrons. The van der Waals surface area contributed by atoms with Crippen molar-refractivity contribution >= 4 is 5.91 Å². The summed E-state index contributed by atoms with van der Waals surface area (Å²) in [5.41, 5.74) is 4.67. The van der Waals surface area contributed by atoms with Crippen LogP contribution in [-0.2, 0) is 6.42 Å². The summed E-state index contributed by atoms with van der Waals surface area (Å²) >= 11 is 0. The van der Waals surface area contributed by atoms with Gasteiger partial charge in [-0.25, -0.2) is 4.68 Å². The number of carbonyl (C=O) groups excluding carboxylic acids is 1. The first-order valence-electron chi connectivity index (χ1n) is 7.91. The molecular formula is C18H25N3O. The second-order valence-corrected chi connectivity index (χ2v) is 5.98. The molecule has 1 N–H and O–H groups in total. The van der Waals surface area contributed by atoms with Crippen molar-refractivity contribution in [2.45, 2.75) is 53.5 Å². The van der Waals surface area contributed by atoms with Gasteiger partial charge in [0.15, 0.2) is 0 Å². The zero-order valence-electron chi connectivity index (χ0n) is 14.1. The third kappa shape index (κ3) is 3.21. The number of nitrogens with zero attached hydrogens (tertiary/aromatic N) is 2. The monoisotopic (exact) mass is 299 g/mol. The lowest BCUT2D eigenvalue weighted by atomic mass is 10.1. The Balaban J connectivity index is 2.54. The number of para-hydroxylation sites is 1. The summed E-state index contributed by atoms with van der Waals surface area (Å²) < 4.78 is 1.90. The van der Waals surface area contributed by atoms with Crippen LogP contribution in [0, 0.1) is 13.8 Å². The molecule has 118 valence electrons. The van der Waals surface area contributed by atoms with Gasteiger partial charge in [0.05, 0.1) is 22.6 Å². The summed E-state index contributed by atoms with van der Waals surface area (Å²) in [5.74, 6) is -0.0317. The highest BCUT2D eigenvalue weighted by Crippen LogP contribution is 2.21. The molecule has 4 heteroatoms. The number of benzene rings is 1. The highest BCUT2D eigenvalue weighted by atomic mass is 16.1. The first kappa shape index (κ1) is 16.3. The fourth-order valence-electron chi connectivity index (χ4n) is 2.64. The van der Waals surface area contributed by atoms with Gasteiger partial charge in [-0.05, 0) is 45.7 Å². The van der Waals surface area contributed by atoms with Crippen LogP contribution < -0.4 is 5.32 Å². The van der Waals surface area contributed by atoms with Gasteiger partial charge >= 0.3 is 0 Å². The van der Waals surface area contributed by atoms with Crippen molar-refractivity contribution < 1.29 is 4.79 Å². The number of hydrogen-bond acceptors (Lipinski definition) is 2. The molecule has 0 aliphatic rings. The number of aromatic nitrogens is 2. The van der Waals surface area contributed by atoms with Gasteiger partial charge in [0.1, 0.15) is 0 Å². The summed E-state index contributed by atoms with van der Waals surface area (Å²) in [5, 5.41) is 7.70. The van der Waals surface area contributed by atoms with E-state index in [1.807, 2.05) is 43.7 Å². The van der Waals surface area contributed by atoms with E-state index < -0.39 is 0 Å². The molecule has 0 atom stereocenters. The van der Waals surface area contributed by atoms with Crippen LogP contribution in [-0.4, -0.2) is 21.7 Å². The van der Waals surface area contributed by atoms with Crippen molar-refractivity contribution in [1.29, 1.82) is 0 Å². The second-order valence-electron chi connectivity index (χ2n) is 5.98. The van der Waals surface area contributed by atoms with Crippen LogP contribution in [0.25, 0.3) is 5.69 Å². The van der Waals surface area contributed by atoms with Gasteiger partial charge in [-0.1, -0.05) is 31.5 Å². The lowest BCUT2D eigenvalue weighted by Crippen LogP contribution is -2.31. The van der Waals surface area contributed by atoms with Gasteiger partial charge in [0.2, 0.25) is 0 Å². The Labute approximate surface area is 132 Å². The molecule has 2 aromatic rings. The van der Waals surface area contributed by atoms with Crippen molar-refractivity contribution in [3.8, 4) is 5.69 Å². The molecule has 2 rings (SSSR count). The Morgan fingerprint density at radius 1 is 1.27 bits per heavy atom. The molecule has 1 aromatic heterocycles. The van der Waals surface area contributed by atoms with E-state index in [1.165, 1.54) is 0 Å². The Morgan fingerprint density at radius 2 is 1.95 bits per heavy atom. The number of nitrogens with one attached hydrogen (secondary N) is 1. The van der Waals surface area contributed by atoms with Crippen molar-refractivity contribution in [2.24, 2.45) is 0 Å². The smallest absolute Gasteiger partial charge is 0.255 e. The molecule has 0 spiro atoms. The van der Waals surface area contributed by atoms with Crippen LogP contribution in [0.2, 0.25) is 0 Å². The highest BCUT2D eigenvalue weighted by Gasteiger charge is 2.22. The quantitative estimate of drug-likeness (QED) is 0.917. The van der Waals surface area contributed by atoms with E-state index in [1.54, 1.807) is 0 Å². The summed E-state index contributed by atoms with van der Waals surface area (Å²) in [6, 6.07) is 8.22. The van der Waals surface area contributed by atoms with Crippen molar-refractivity contribution in [1.82, 2.24) is 15.1 Å². The lowest BCUT2D eigenvalue weighted by Gasteiger charge is -2.10. The van der Waals surface area contributed by atoms with Crippen LogP contribution in [0.5, 0.6) is 0 Å². The normalized spacial score (nSPS) is 11.0. The molecule has 4 nitrogen and oxygen atoms in total. The number of hydrogen-bond donors (Lipinski definition) is 1. The highest BCUT2D eigenvalue weighted by molar-refractivity contribution is 5.96. The molecule has 0 unspecified atom stereocenters.